The fourth-order valence-corrected chi connectivity index (χ4v) is 2.55. The number of hydrogen-bond donors (Lipinski definition) is 2. The van der Waals surface area contributed by atoms with Gasteiger partial charge < -0.3 is 5.11 Å². The van der Waals surface area contributed by atoms with E-state index in [1.165, 1.54) is 17.7 Å². The van der Waals surface area contributed by atoms with Crippen LogP contribution >= 0.6 is 27.3 Å². The van der Waals surface area contributed by atoms with Crippen LogP contribution in [0.1, 0.15) is 16.8 Å². The van der Waals surface area contributed by atoms with Crippen molar-refractivity contribution < 1.29 is 5.11 Å². The second-order valence-electron chi connectivity index (χ2n) is 2.41. The molecule has 1 unspecified atom stereocenters. The molecule has 0 aliphatic carbocycles. The molecular weight excluding hydrogens is 254 g/mol. The van der Waals surface area contributed by atoms with Crippen LogP contribution in [-0.4, -0.2) is 20.3 Å². The smallest absolute Gasteiger partial charge is 0.158 e. The molecule has 0 saturated carbocycles. The fourth-order valence-electron chi connectivity index (χ4n) is 0.971. The predicted octanol–water partition coefficient (Wildman–Crippen LogP) is 1.71. The summed E-state index contributed by atoms with van der Waals surface area (Å²) >= 11 is 4.81. The molecule has 0 saturated heterocycles. The van der Waals surface area contributed by atoms with E-state index in [0.29, 0.717) is 5.82 Å². The van der Waals surface area contributed by atoms with E-state index >= 15 is 0 Å². The minimum absolute atomic E-state index is 0.461. The summed E-state index contributed by atoms with van der Waals surface area (Å²) in [5.41, 5.74) is 0. The number of aliphatic hydroxyl groups is 1. The second-order valence-corrected chi connectivity index (χ2v) is 4.21. The van der Waals surface area contributed by atoms with Crippen LogP contribution in [-0.2, 0) is 0 Å². The van der Waals surface area contributed by atoms with Crippen molar-refractivity contribution in [2.45, 2.75) is 6.10 Å². The molecule has 0 aromatic carbocycles. The number of nitrogens with zero attached hydrogens (tertiary/aromatic N) is 2. The number of H-pyrrole nitrogens is 1. The van der Waals surface area contributed by atoms with Crippen LogP contribution in [0.2, 0.25) is 0 Å². The maximum absolute atomic E-state index is 9.80. The number of hydrogen-bond acceptors (Lipinski definition) is 4. The first-order valence-electron chi connectivity index (χ1n) is 3.55. The maximum Gasteiger partial charge on any atom is 0.158 e. The van der Waals surface area contributed by atoms with E-state index in [0.717, 1.165) is 9.35 Å². The van der Waals surface area contributed by atoms with Crippen LogP contribution in [0.15, 0.2) is 22.2 Å². The lowest BCUT2D eigenvalue weighted by Crippen LogP contribution is -2.00. The van der Waals surface area contributed by atoms with Crippen molar-refractivity contribution in [2.24, 2.45) is 0 Å². The van der Waals surface area contributed by atoms with Crippen molar-refractivity contribution in [2.75, 3.05) is 0 Å². The van der Waals surface area contributed by atoms with Gasteiger partial charge in [0.15, 0.2) is 5.82 Å². The first-order valence-corrected chi connectivity index (χ1v) is 5.22. The molecule has 2 heterocycles. The Hall–Kier alpha value is -0.720. The monoisotopic (exact) mass is 259 g/mol. The third-order valence-corrected chi connectivity index (χ3v) is 3.51. The average Bonchev–Trinajstić information content (AvgIpc) is 2.72. The van der Waals surface area contributed by atoms with Crippen molar-refractivity contribution >= 4 is 27.3 Å². The van der Waals surface area contributed by atoms with Gasteiger partial charge in [0, 0.05) is 4.47 Å². The minimum Gasteiger partial charge on any atom is -0.379 e. The normalized spacial score (nSPS) is 13.1. The molecule has 0 bridgehead atoms. The van der Waals surface area contributed by atoms with Crippen LogP contribution in [0.25, 0.3) is 0 Å². The molecule has 0 radical (unpaired) electrons. The molecule has 68 valence electrons. The largest absolute Gasteiger partial charge is 0.379 e. The Morgan fingerprint density at radius 1 is 1.62 bits per heavy atom. The van der Waals surface area contributed by atoms with Crippen LogP contribution < -0.4 is 0 Å². The Kier molecular flexibility index (Phi) is 2.43. The van der Waals surface area contributed by atoms with Gasteiger partial charge in [0.1, 0.15) is 12.4 Å². The minimum atomic E-state index is -0.725. The van der Waals surface area contributed by atoms with Crippen molar-refractivity contribution in [3.63, 3.8) is 0 Å². The first-order chi connectivity index (χ1) is 6.29. The topological polar surface area (TPSA) is 61.8 Å². The number of halogens is 1. The number of nitrogens with one attached hydrogen (secondary N) is 1. The molecule has 0 aliphatic heterocycles. The lowest BCUT2D eigenvalue weighted by atomic mass is 10.3. The van der Waals surface area contributed by atoms with Gasteiger partial charge in [-0.3, -0.25) is 5.10 Å². The van der Waals surface area contributed by atoms with E-state index in [1.807, 2.05) is 11.4 Å². The van der Waals surface area contributed by atoms with Crippen LogP contribution in [0.4, 0.5) is 0 Å². The Bertz CT molecular complexity index is 386. The van der Waals surface area contributed by atoms with Gasteiger partial charge in [-0.25, -0.2) is 4.98 Å². The molecule has 2 aromatic heterocycles. The number of rotatable bonds is 2. The summed E-state index contributed by atoms with van der Waals surface area (Å²) in [5, 5.41) is 18.0. The molecule has 6 heteroatoms. The van der Waals surface area contributed by atoms with Crippen molar-refractivity contribution in [3.05, 3.63) is 32.9 Å². The highest BCUT2D eigenvalue weighted by molar-refractivity contribution is 9.10. The highest BCUT2D eigenvalue weighted by Crippen LogP contribution is 2.31. The summed E-state index contributed by atoms with van der Waals surface area (Å²) in [7, 11) is 0. The lowest BCUT2D eigenvalue weighted by molar-refractivity contribution is 0.213. The van der Waals surface area contributed by atoms with E-state index in [-0.39, 0.29) is 0 Å². The lowest BCUT2D eigenvalue weighted by Gasteiger charge is -2.04. The summed E-state index contributed by atoms with van der Waals surface area (Å²) in [6.07, 6.45) is 0.650. The van der Waals surface area contributed by atoms with E-state index in [2.05, 4.69) is 31.1 Å². The highest BCUT2D eigenvalue weighted by Gasteiger charge is 2.17. The zero-order valence-corrected chi connectivity index (χ0v) is 8.84. The molecule has 0 aliphatic rings. The average molecular weight is 260 g/mol. The summed E-state index contributed by atoms with van der Waals surface area (Å²) < 4.78 is 0.890. The van der Waals surface area contributed by atoms with Crippen molar-refractivity contribution in [1.82, 2.24) is 15.2 Å². The Labute approximate surface area is 86.8 Å². The number of aliphatic hydroxyl groups excluding tert-OH is 1. The van der Waals surface area contributed by atoms with E-state index < -0.39 is 6.10 Å². The van der Waals surface area contributed by atoms with E-state index in [1.54, 1.807) is 0 Å². The molecule has 0 spiro atoms. The third kappa shape index (κ3) is 1.65. The molecule has 2 aromatic rings. The SMILES string of the molecule is OC(c1ncn[nH]1)c1sccc1Br. The highest BCUT2D eigenvalue weighted by atomic mass is 79.9. The summed E-state index contributed by atoms with van der Waals surface area (Å²) in [6, 6.07) is 1.89. The first kappa shape index (κ1) is 8.86. The third-order valence-electron chi connectivity index (χ3n) is 1.59. The standard InChI is InChI=1S/C7H6BrN3OS/c8-4-1-2-13-6(4)5(12)7-9-3-10-11-7/h1-3,5,12H,(H,9,10,11). The molecule has 0 amide bonds. The molecule has 13 heavy (non-hydrogen) atoms. The molecule has 2 rings (SSSR count). The molecule has 4 nitrogen and oxygen atoms in total. The summed E-state index contributed by atoms with van der Waals surface area (Å²) in [5.74, 6) is 0.461. The van der Waals surface area contributed by atoms with Gasteiger partial charge in [0.25, 0.3) is 0 Å². The second kappa shape index (κ2) is 3.57. The number of aromatic nitrogens is 3. The van der Waals surface area contributed by atoms with Gasteiger partial charge in [-0.1, -0.05) is 0 Å². The molecule has 2 N–H and O–H groups in total. The van der Waals surface area contributed by atoms with Crippen LogP contribution in [0.3, 0.4) is 0 Å². The Balaban J connectivity index is 2.33. The van der Waals surface area contributed by atoms with Crippen LogP contribution in [0, 0.1) is 0 Å². The zero-order chi connectivity index (χ0) is 9.26. The predicted molar refractivity (Wildman–Crippen MR) is 52.5 cm³/mol. The summed E-state index contributed by atoms with van der Waals surface area (Å²) in [4.78, 5) is 4.71. The van der Waals surface area contributed by atoms with Crippen LogP contribution in [0.5, 0.6) is 0 Å². The van der Waals surface area contributed by atoms with Crippen molar-refractivity contribution in [1.29, 1.82) is 0 Å². The zero-order valence-electron chi connectivity index (χ0n) is 6.44. The van der Waals surface area contributed by atoms with E-state index in [4.69, 9.17) is 0 Å². The van der Waals surface area contributed by atoms with Gasteiger partial charge in [-0.15, -0.1) is 11.3 Å². The number of thiophene rings is 1. The van der Waals surface area contributed by atoms with Gasteiger partial charge in [0.2, 0.25) is 0 Å². The van der Waals surface area contributed by atoms with Gasteiger partial charge in [0.05, 0.1) is 4.88 Å². The molecule has 1 atom stereocenters. The van der Waals surface area contributed by atoms with E-state index in [9.17, 15) is 5.11 Å². The van der Waals surface area contributed by atoms with Crippen molar-refractivity contribution in [3.8, 4) is 0 Å². The van der Waals surface area contributed by atoms with Gasteiger partial charge in [-0.2, -0.15) is 5.10 Å². The maximum atomic E-state index is 9.80. The van der Waals surface area contributed by atoms with Gasteiger partial charge in [-0.05, 0) is 27.4 Å². The fraction of sp³-hybridized carbons (Fsp3) is 0.143. The van der Waals surface area contributed by atoms with Gasteiger partial charge >= 0.3 is 0 Å². The molecule has 0 fully saturated rings. The quantitative estimate of drug-likeness (QED) is 0.864. The Morgan fingerprint density at radius 3 is 3.00 bits per heavy atom. The molecular formula is C7H6BrN3OS. The summed E-state index contributed by atoms with van der Waals surface area (Å²) in [6.45, 7) is 0. The Morgan fingerprint density at radius 2 is 2.46 bits per heavy atom. The number of aromatic amines is 1.